The number of halogens is 1. The molecule has 0 aromatic heterocycles. The molecule has 1 aromatic rings. The van der Waals surface area contributed by atoms with Gasteiger partial charge in [0.25, 0.3) is 0 Å². The van der Waals surface area contributed by atoms with E-state index in [0.29, 0.717) is 19.2 Å². The maximum atomic E-state index is 5.91. The molecule has 2 N–H and O–H groups in total. The van der Waals surface area contributed by atoms with Gasteiger partial charge in [-0.2, -0.15) is 0 Å². The Balaban J connectivity index is 1.89. The lowest BCUT2D eigenvalue weighted by molar-refractivity contribution is 0.0900. The van der Waals surface area contributed by atoms with E-state index in [0.717, 1.165) is 31.2 Å². The number of anilines is 1. The maximum Gasteiger partial charge on any atom is 0.0630 e. The smallest absolute Gasteiger partial charge is 0.0630 e. The van der Waals surface area contributed by atoms with Crippen molar-refractivity contribution in [2.24, 2.45) is 5.73 Å². The van der Waals surface area contributed by atoms with Crippen molar-refractivity contribution in [1.29, 1.82) is 0 Å². The highest BCUT2D eigenvalue weighted by Gasteiger charge is 2.22. The molecule has 106 valence electrons. The second kappa shape index (κ2) is 7.10. The van der Waals surface area contributed by atoms with Crippen molar-refractivity contribution in [1.82, 2.24) is 4.90 Å². The zero-order chi connectivity index (χ0) is 13.7. The van der Waals surface area contributed by atoms with Crippen LogP contribution in [-0.2, 0) is 4.74 Å². The minimum absolute atomic E-state index is 0.331. The summed E-state index contributed by atoms with van der Waals surface area (Å²) in [6, 6.07) is 8.37. The fraction of sp³-hybridized carbons (Fsp3) is 0.571. The van der Waals surface area contributed by atoms with Crippen LogP contribution in [0.1, 0.15) is 0 Å². The van der Waals surface area contributed by atoms with Gasteiger partial charge in [-0.25, -0.2) is 0 Å². The average molecular weight is 284 g/mol. The van der Waals surface area contributed by atoms with Gasteiger partial charge in [-0.05, 0) is 24.3 Å². The van der Waals surface area contributed by atoms with Crippen molar-refractivity contribution in [3.63, 3.8) is 0 Å². The molecule has 0 saturated carbocycles. The van der Waals surface area contributed by atoms with E-state index in [1.54, 1.807) is 7.11 Å². The molecule has 0 spiro atoms. The molecule has 1 saturated heterocycles. The van der Waals surface area contributed by atoms with Gasteiger partial charge in [0.1, 0.15) is 0 Å². The lowest BCUT2D eigenvalue weighted by atomic mass is 10.2. The summed E-state index contributed by atoms with van der Waals surface area (Å²) in [6.07, 6.45) is 0. The van der Waals surface area contributed by atoms with E-state index in [9.17, 15) is 0 Å². The number of hydrogen-bond donors (Lipinski definition) is 1. The molecule has 0 bridgehead atoms. The van der Waals surface area contributed by atoms with Gasteiger partial charge in [0.15, 0.2) is 0 Å². The molecule has 0 radical (unpaired) electrons. The molecule has 1 unspecified atom stereocenters. The van der Waals surface area contributed by atoms with Crippen molar-refractivity contribution >= 4 is 17.3 Å². The van der Waals surface area contributed by atoms with Crippen molar-refractivity contribution in [3.8, 4) is 0 Å². The Labute approximate surface area is 120 Å². The van der Waals surface area contributed by atoms with E-state index in [4.69, 9.17) is 22.1 Å². The highest BCUT2D eigenvalue weighted by atomic mass is 35.5. The third kappa shape index (κ3) is 3.83. The molecule has 1 aliphatic heterocycles. The minimum atomic E-state index is 0.331. The van der Waals surface area contributed by atoms with Gasteiger partial charge in [-0.15, -0.1) is 0 Å². The Morgan fingerprint density at radius 1 is 1.21 bits per heavy atom. The van der Waals surface area contributed by atoms with Crippen LogP contribution in [0.25, 0.3) is 0 Å². The quantitative estimate of drug-likeness (QED) is 0.888. The van der Waals surface area contributed by atoms with Crippen LogP contribution >= 0.6 is 11.6 Å². The van der Waals surface area contributed by atoms with Crippen molar-refractivity contribution in [2.75, 3.05) is 51.3 Å². The number of hydrogen-bond acceptors (Lipinski definition) is 4. The molecule has 19 heavy (non-hydrogen) atoms. The third-order valence-corrected chi connectivity index (χ3v) is 3.91. The molecular weight excluding hydrogens is 262 g/mol. The molecule has 1 atom stereocenters. The Bertz CT molecular complexity index is 377. The summed E-state index contributed by atoms with van der Waals surface area (Å²) in [5.74, 6) is 0. The molecule has 4 nitrogen and oxygen atoms in total. The number of piperazine rings is 1. The number of nitrogens with zero attached hydrogens (tertiary/aromatic N) is 2. The molecule has 1 aliphatic rings. The fourth-order valence-electron chi connectivity index (χ4n) is 2.51. The molecule has 2 rings (SSSR count). The van der Waals surface area contributed by atoms with Crippen molar-refractivity contribution in [2.45, 2.75) is 6.04 Å². The van der Waals surface area contributed by atoms with Crippen LogP contribution in [0.2, 0.25) is 5.02 Å². The van der Waals surface area contributed by atoms with Crippen LogP contribution in [0, 0.1) is 0 Å². The summed E-state index contributed by atoms with van der Waals surface area (Å²) in [7, 11) is 1.73. The first kappa shape index (κ1) is 14.6. The van der Waals surface area contributed by atoms with Crippen molar-refractivity contribution < 1.29 is 4.74 Å². The van der Waals surface area contributed by atoms with E-state index in [1.165, 1.54) is 5.69 Å². The second-order valence-electron chi connectivity index (χ2n) is 4.84. The number of ether oxygens (including phenoxy) is 1. The predicted molar refractivity (Wildman–Crippen MR) is 80.0 cm³/mol. The lowest BCUT2D eigenvalue weighted by Crippen LogP contribution is -2.53. The van der Waals surface area contributed by atoms with Crippen molar-refractivity contribution in [3.05, 3.63) is 29.3 Å². The standard InChI is InChI=1S/C14H22ClN3O/c1-19-11-14(10-16)18-8-6-17(7-9-18)13-4-2-12(15)3-5-13/h2-5,14H,6-11,16H2,1H3. The molecule has 1 aromatic carbocycles. The summed E-state index contributed by atoms with van der Waals surface area (Å²) in [5, 5.41) is 0.783. The zero-order valence-electron chi connectivity index (χ0n) is 11.4. The minimum Gasteiger partial charge on any atom is -0.383 e. The Morgan fingerprint density at radius 2 is 1.84 bits per heavy atom. The van der Waals surface area contributed by atoms with Gasteiger partial charge in [0, 0.05) is 56.6 Å². The van der Waals surface area contributed by atoms with E-state index in [-0.39, 0.29) is 0 Å². The van der Waals surface area contributed by atoms with E-state index in [2.05, 4.69) is 21.9 Å². The highest BCUT2D eigenvalue weighted by Crippen LogP contribution is 2.19. The Morgan fingerprint density at radius 3 is 2.37 bits per heavy atom. The summed E-state index contributed by atoms with van der Waals surface area (Å²) < 4.78 is 5.22. The highest BCUT2D eigenvalue weighted by molar-refractivity contribution is 6.30. The third-order valence-electron chi connectivity index (χ3n) is 3.65. The number of benzene rings is 1. The van der Waals surface area contributed by atoms with Crippen LogP contribution in [-0.4, -0.2) is 57.4 Å². The summed E-state index contributed by atoms with van der Waals surface area (Å²) in [4.78, 5) is 4.79. The normalized spacial score (nSPS) is 18.6. The van der Waals surface area contributed by atoms with Crippen LogP contribution in [0.15, 0.2) is 24.3 Å². The maximum absolute atomic E-state index is 5.91. The van der Waals surface area contributed by atoms with Crippen LogP contribution in [0.4, 0.5) is 5.69 Å². The molecular formula is C14H22ClN3O. The molecule has 5 heteroatoms. The first-order valence-corrected chi connectivity index (χ1v) is 7.06. The molecule has 1 fully saturated rings. The topological polar surface area (TPSA) is 41.7 Å². The first-order valence-electron chi connectivity index (χ1n) is 6.68. The molecule has 0 amide bonds. The number of methoxy groups -OCH3 is 1. The van der Waals surface area contributed by atoms with Gasteiger partial charge in [0.2, 0.25) is 0 Å². The van der Waals surface area contributed by atoms with Gasteiger partial charge in [-0.3, -0.25) is 4.90 Å². The van der Waals surface area contributed by atoms with Gasteiger partial charge >= 0.3 is 0 Å². The fourth-order valence-corrected chi connectivity index (χ4v) is 2.64. The van der Waals surface area contributed by atoms with Crippen LogP contribution in [0.5, 0.6) is 0 Å². The average Bonchev–Trinajstić information content (AvgIpc) is 2.46. The van der Waals surface area contributed by atoms with Gasteiger partial charge in [0.05, 0.1) is 6.61 Å². The molecule has 0 aliphatic carbocycles. The van der Waals surface area contributed by atoms with E-state index < -0.39 is 0 Å². The van der Waals surface area contributed by atoms with Gasteiger partial charge < -0.3 is 15.4 Å². The SMILES string of the molecule is COCC(CN)N1CCN(c2ccc(Cl)cc2)CC1. The van der Waals surface area contributed by atoms with E-state index >= 15 is 0 Å². The number of nitrogens with two attached hydrogens (primary N) is 1. The predicted octanol–water partition coefficient (Wildman–Crippen LogP) is 1.44. The zero-order valence-corrected chi connectivity index (χ0v) is 12.1. The summed E-state index contributed by atoms with van der Waals surface area (Å²) in [6.45, 7) is 5.43. The van der Waals surface area contributed by atoms with Crippen LogP contribution < -0.4 is 10.6 Å². The Kier molecular flexibility index (Phi) is 5.45. The largest absolute Gasteiger partial charge is 0.383 e. The molecule has 1 heterocycles. The summed E-state index contributed by atoms with van der Waals surface area (Å²) in [5.41, 5.74) is 7.04. The lowest BCUT2D eigenvalue weighted by Gasteiger charge is -2.39. The second-order valence-corrected chi connectivity index (χ2v) is 5.28. The first-order chi connectivity index (χ1) is 9.24. The Hall–Kier alpha value is -0.810. The number of rotatable bonds is 5. The van der Waals surface area contributed by atoms with Gasteiger partial charge in [-0.1, -0.05) is 11.6 Å². The monoisotopic (exact) mass is 283 g/mol. The van der Waals surface area contributed by atoms with Crippen LogP contribution in [0.3, 0.4) is 0 Å². The summed E-state index contributed by atoms with van der Waals surface area (Å²) >= 11 is 5.91. The van der Waals surface area contributed by atoms with E-state index in [1.807, 2.05) is 12.1 Å².